The first kappa shape index (κ1) is 7.16. The van der Waals surface area contributed by atoms with Crippen molar-refractivity contribution in [2.24, 2.45) is 0 Å². The molecule has 0 saturated heterocycles. The molecule has 0 atom stereocenters. The van der Waals surface area contributed by atoms with Gasteiger partial charge in [-0.05, 0) is 29.7 Å². The van der Waals surface area contributed by atoms with Gasteiger partial charge >= 0.3 is 0 Å². The van der Waals surface area contributed by atoms with Crippen LogP contribution < -0.4 is 0 Å². The molecule has 1 aromatic heterocycles. The van der Waals surface area contributed by atoms with Gasteiger partial charge in [-0.1, -0.05) is 6.92 Å². The molecule has 0 aliphatic heterocycles. The van der Waals surface area contributed by atoms with Gasteiger partial charge in [0.15, 0.2) is 0 Å². The van der Waals surface area contributed by atoms with Gasteiger partial charge in [0.1, 0.15) is 0 Å². The van der Waals surface area contributed by atoms with E-state index in [1.165, 1.54) is 15.5 Å². The summed E-state index contributed by atoms with van der Waals surface area (Å²) in [6.07, 6.45) is 0. The summed E-state index contributed by atoms with van der Waals surface area (Å²) in [5, 5.41) is 2.15. The molecule has 0 bridgehead atoms. The first-order chi connectivity index (χ1) is 4.34. The zero-order valence-electron chi connectivity index (χ0n) is 5.68. The Hall–Kier alpha value is 0.0500. The van der Waals surface area contributed by atoms with Gasteiger partial charge in [-0.15, -0.1) is 23.1 Å². The highest BCUT2D eigenvalue weighted by molar-refractivity contribution is 8.01. The lowest BCUT2D eigenvalue weighted by atomic mass is 10.4. The third-order valence-corrected chi connectivity index (χ3v) is 3.41. The number of hydrogen-bond acceptors (Lipinski definition) is 2. The Bertz CT molecular complexity index is 179. The molecule has 0 unspecified atom stereocenters. The van der Waals surface area contributed by atoms with Gasteiger partial charge in [0.2, 0.25) is 0 Å². The lowest BCUT2D eigenvalue weighted by molar-refractivity contribution is 1.41. The SMILES string of the molecule is CCSc1sccc1C. The molecular formula is C7H10S2. The highest BCUT2D eigenvalue weighted by Crippen LogP contribution is 2.27. The fourth-order valence-corrected chi connectivity index (χ4v) is 2.64. The molecule has 1 aromatic rings. The van der Waals surface area contributed by atoms with Gasteiger partial charge in [-0.2, -0.15) is 0 Å². The monoisotopic (exact) mass is 158 g/mol. The van der Waals surface area contributed by atoms with Crippen molar-refractivity contribution in [1.29, 1.82) is 0 Å². The van der Waals surface area contributed by atoms with Crippen LogP contribution in [0.2, 0.25) is 0 Å². The number of hydrogen-bond donors (Lipinski definition) is 0. The number of thioether (sulfide) groups is 1. The van der Waals surface area contributed by atoms with Crippen molar-refractivity contribution in [3.63, 3.8) is 0 Å². The first-order valence-electron chi connectivity index (χ1n) is 3.01. The molecule has 0 aromatic carbocycles. The zero-order chi connectivity index (χ0) is 6.69. The number of aryl methyl sites for hydroxylation is 1. The Morgan fingerprint density at radius 3 is 2.89 bits per heavy atom. The van der Waals surface area contributed by atoms with E-state index in [-0.39, 0.29) is 0 Å². The minimum atomic E-state index is 1.18. The Balaban J connectivity index is 2.69. The van der Waals surface area contributed by atoms with Gasteiger partial charge in [0, 0.05) is 0 Å². The molecule has 0 aliphatic rings. The maximum Gasteiger partial charge on any atom is 0.0627 e. The fraction of sp³-hybridized carbons (Fsp3) is 0.429. The molecule has 0 amide bonds. The summed E-state index contributed by atoms with van der Waals surface area (Å²) in [7, 11) is 0. The van der Waals surface area contributed by atoms with Crippen molar-refractivity contribution in [1.82, 2.24) is 0 Å². The van der Waals surface area contributed by atoms with Gasteiger partial charge in [-0.3, -0.25) is 0 Å². The first-order valence-corrected chi connectivity index (χ1v) is 4.88. The van der Waals surface area contributed by atoms with Crippen molar-refractivity contribution in [2.45, 2.75) is 18.1 Å². The lowest BCUT2D eigenvalue weighted by Crippen LogP contribution is -1.67. The van der Waals surface area contributed by atoms with Crippen LogP contribution in [0.1, 0.15) is 12.5 Å². The average molecular weight is 158 g/mol. The lowest BCUT2D eigenvalue weighted by Gasteiger charge is -1.92. The average Bonchev–Trinajstić information content (AvgIpc) is 2.18. The van der Waals surface area contributed by atoms with E-state index in [1.807, 2.05) is 23.1 Å². The van der Waals surface area contributed by atoms with Crippen LogP contribution in [0.25, 0.3) is 0 Å². The molecule has 0 fully saturated rings. The Kier molecular flexibility index (Phi) is 2.61. The molecule has 0 saturated carbocycles. The Morgan fingerprint density at radius 1 is 1.67 bits per heavy atom. The third kappa shape index (κ3) is 1.73. The molecule has 1 heterocycles. The van der Waals surface area contributed by atoms with Crippen LogP contribution >= 0.6 is 23.1 Å². The molecule has 0 aliphatic carbocycles. The van der Waals surface area contributed by atoms with Crippen LogP contribution in [-0.2, 0) is 0 Å². The van der Waals surface area contributed by atoms with E-state index in [0.29, 0.717) is 0 Å². The van der Waals surface area contributed by atoms with Crippen molar-refractivity contribution in [3.8, 4) is 0 Å². The minimum absolute atomic E-state index is 1.18. The van der Waals surface area contributed by atoms with E-state index in [2.05, 4.69) is 25.3 Å². The molecule has 1 rings (SSSR count). The summed E-state index contributed by atoms with van der Waals surface area (Å²) >= 11 is 3.76. The van der Waals surface area contributed by atoms with Crippen molar-refractivity contribution in [2.75, 3.05) is 5.75 Å². The molecule has 2 heteroatoms. The molecular weight excluding hydrogens is 148 g/mol. The maximum atomic E-state index is 2.18. The normalized spacial score (nSPS) is 10.0. The summed E-state index contributed by atoms with van der Waals surface area (Å²) in [5.41, 5.74) is 1.42. The second-order valence-corrected chi connectivity index (χ2v) is 4.27. The van der Waals surface area contributed by atoms with Crippen LogP contribution in [-0.4, -0.2) is 5.75 Å². The maximum absolute atomic E-state index is 2.18. The number of rotatable bonds is 2. The standard InChI is InChI=1S/C7H10S2/c1-3-8-7-6(2)4-5-9-7/h4-5H,3H2,1-2H3. The molecule has 9 heavy (non-hydrogen) atoms. The van der Waals surface area contributed by atoms with E-state index < -0.39 is 0 Å². The fourth-order valence-electron chi connectivity index (χ4n) is 0.638. The van der Waals surface area contributed by atoms with Crippen molar-refractivity contribution < 1.29 is 0 Å². The summed E-state index contributed by atoms with van der Waals surface area (Å²) in [6.45, 7) is 4.35. The minimum Gasteiger partial charge on any atom is -0.137 e. The van der Waals surface area contributed by atoms with Gasteiger partial charge < -0.3 is 0 Å². The van der Waals surface area contributed by atoms with E-state index in [1.54, 1.807) is 0 Å². The van der Waals surface area contributed by atoms with E-state index in [4.69, 9.17) is 0 Å². The van der Waals surface area contributed by atoms with Crippen LogP contribution in [0.4, 0.5) is 0 Å². The quantitative estimate of drug-likeness (QED) is 0.596. The molecule has 0 spiro atoms. The highest BCUT2D eigenvalue weighted by Gasteiger charge is 1.95. The smallest absolute Gasteiger partial charge is 0.0627 e. The predicted molar refractivity (Wildman–Crippen MR) is 45.5 cm³/mol. The summed E-state index contributed by atoms with van der Waals surface area (Å²) < 4.78 is 1.47. The Morgan fingerprint density at radius 2 is 2.44 bits per heavy atom. The van der Waals surface area contributed by atoms with Crippen molar-refractivity contribution in [3.05, 3.63) is 17.0 Å². The van der Waals surface area contributed by atoms with E-state index in [0.717, 1.165) is 0 Å². The Labute approximate surface area is 64.3 Å². The second kappa shape index (κ2) is 3.28. The highest BCUT2D eigenvalue weighted by atomic mass is 32.2. The van der Waals surface area contributed by atoms with Gasteiger partial charge in [0.25, 0.3) is 0 Å². The van der Waals surface area contributed by atoms with Crippen LogP contribution in [0.15, 0.2) is 15.7 Å². The summed E-state index contributed by atoms with van der Waals surface area (Å²) in [6, 6.07) is 2.17. The van der Waals surface area contributed by atoms with E-state index in [9.17, 15) is 0 Å². The molecule has 0 N–H and O–H groups in total. The number of thiophene rings is 1. The zero-order valence-corrected chi connectivity index (χ0v) is 7.31. The van der Waals surface area contributed by atoms with Crippen molar-refractivity contribution >= 4 is 23.1 Å². The molecule has 0 radical (unpaired) electrons. The molecule has 50 valence electrons. The molecule has 0 nitrogen and oxygen atoms in total. The summed E-state index contributed by atoms with van der Waals surface area (Å²) in [4.78, 5) is 0. The topological polar surface area (TPSA) is 0 Å². The van der Waals surface area contributed by atoms with Crippen LogP contribution in [0.3, 0.4) is 0 Å². The van der Waals surface area contributed by atoms with Gasteiger partial charge in [-0.25, -0.2) is 0 Å². The van der Waals surface area contributed by atoms with Crippen LogP contribution in [0.5, 0.6) is 0 Å². The largest absolute Gasteiger partial charge is 0.137 e. The predicted octanol–water partition coefficient (Wildman–Crippen LogP) is 3.17. The second-order valence-electron chi connectivity index (χ2n) is 1.82. The van der Waals surface area contributed by atoms with E-state index >= 15 is 0 Å². The third-order valence-electron chi connectivity index (χ3n) is 1.09. The van der Waals surface area contributed by atoms with Crippen LogP contribution in [0, 0.1) is 6.92 Å². The summed E-state index contributed by atoms with van der Waals surface area (Å²) in [5.74, 6) is 1.18. The van der Waals surface area contributed by atoms with Gasteiger partial charge in [0.05, 0.1) is 4.21 Å².